The Labute approximate surface area is 122 Å². The van der Waals surface area contributed by atoms with Crippen LogP contribution < -0.4 is 10.0 Å². The summed E-state index contributed by atoms with van der Waals surface area (Å²) < 4.78 is 41.7. The number of rotatable bonds is 6. The Morgan fingerprint density at radius 1 is 1.33 bits per heavy atom. The average Bonchev–Trinajstić information content (AvgIpc) is 2.85. The van der Waals surface area contributed by atoms with Gasteiger partial charge in [-0.05, 0) is 25.2 Å². The predicted molar refractivity (Wildman–Crippen MR) is 74.2 cm³/mol. The zero-order chi connectivity index (χ0) is 15.5. The van der Waals surface area contributed by atoms with Crippen LogP contribution in [0.3, 0.4) is 0 Å². The largest absolute Gasteiger partial charge is 0.316 e. The molecule has 0 fully saturated rings. The standard InChI is InChI=1S/C12H16FN5O2S/c1-14-6-9-5-10(3-4-11(9)13)21(19,20)16-7-12-15-8-18(2)17-12/h3-5,8,14,16H,6-7H2,1-2H3. The summed E-state index contributed by atoms with van der Waals surface area (Å²) in [5.74, 6) is -0.0895. The number of halogens is 1. The molecule has 114 valence electrons. The van der Waals surface area contributed by atoms with Gasteiger partial charge in [0, 0.05) is 19.2 Å². The number of nitrogens with zero attached hydrogens (tertiary/aromatic N) is 3. The first-order valence-corrected chi connectivity index (χ1v) is 7.68. The molecule has 0 saturated carbocycles. The Hall–Kier alpha value is -1.84. The van der Waals surface area contributed by atoms with Crippen LogP contribution in [0.1, 0.15) is 11.4 Å². The summed E-state index contributed by atoms with van der Waals surface area (Å²) in [7, 11) is -0.393. The van der Waals surface area contributed by atoms with Crippen molar-refractivity contribution in [1.29, 1.82) is 0 Å². The zero-order valence-electron chi connectivity index (χ0n) is 11.7. The van der Waals surface area contributed by atoms with Crippen molar-refractivity contribution in [1.82, 2.24) is 24.8 Å². The monoisotopic (exact) mass is 313 g/mol. The summed E-state index contributed by atoms with van der Waals surface area (Å²) in [6.07, 6.45) is 1.48. The van der Waals surface area contributed by atoms with Crippen LogP contribution in [0.2, 0.25) is 0 Å². The van der Waals surface area contributed by atoms with E-state index < -0.39 is 15.8 Å². The third-order valence-corrected chi connectivity index (χ3v) is 4.16. The molecule has 7 nitrogen and oxygen atoms in total. The SMILES string of the molecule is CNCc1cc(S(=O)(=O)NCc2ncn(C)n2)ccc1F. The highest BCUT2D eigenvalue weighted by Gasteiger charge is 2.16. The lowest BCUT2D eigenvalue weighted by Crippen LogP contribution is -2.24. The fourth-order valence-corrected chi connectivity index (χ4v) is 2.78. The smallest absolute Gasteiger partial charge is 0.240 e. The fourth-order valence-electron chi connectivity index (χ4n) is 1.75. The lowest BCUT2D eigenvalue weighted by atomic mass is 10.2. The molecule has 1 aromatic heterocycles. The van der Waals surface area contributed by atoms with Crippen LogP contribution in [0.15, 0.2) is 29.4 Å². The molecule has 1 heterocycles. The Bertz CT molecular complexity index is 729. The molecule has 0 aliphatic rings. The molecule has 0 atom stereocenters. The van der Waals surface area contributed by atoms with Gasteiger partial charge in [-0.3, -0.25) is 4.68 Å². The molecule has 0 aliphatic heterocycles. The highest BCUT2D eigenvalue weighted by Crippen LogP contribution is 2.15. The molecule has 0 spiro atoms. The van der Waals surface area contributed by atoms with Crippen molar-refractivity contribution in [2.45, 2.75) is 18.0 Å². The maximum absolute atomic E-state index is 13.5. The second-order valence-corrected chi connectivity index (χ2v) is 6.21. The Kier molecular flexibility index (Phi) is 4.66. The van der Waals surface area contributed by atoms with Crippen molar-refractivity contribution < 1.29 is 12.8 Å². The number of nitrogens with one attached hydrogen (secondary N) is 2. The van der Waals surface area contributed by atoms with Crippen LogP contribution in [0, 0.1) is 5.82 Å². The van der Waals surface area contributed by atoms with E-state index in [0.29, 0.717) is 5.82 Å². The van der Waals surface area contributed by atoms with Crippen molar-refractivity contribution in [2.75, 3.05) is 7.05 Å². The Morgan fingerprint density at radius 3 is 2.71 bits per heavy atom. The van der Waals surface area contributed by atoms with Crippen LogP contribution in [0.5, 0.6) is 0 Å². The van der Waals surface area contributed by atoms with Crippen LogP contribution in [-0.2, 0) is 30.2 Å². The summed E-state index contributed by atoms with van der Waals surface area (Å²) in [6.45, 7) is 0.221. The topological polar surface area (TPSA) is 88.9 Å². The number of benzene rings is 1. The van der Waals surface area contributed by atoms with E-state index in [0.717, 1.165) is 6.07 Å². The van der Waals surface area contributed by atoms with E-state index in [1.54, 1.807) is 14.1 Å². The molecule has 2 aromatic rings. The summed E-state index contributed by atoms with van der Waals surface area (Å²) in [5.41, 5.74) is 0.288. The highest BCUT2D eigenvalue weighted by molar-refractivity contribution is 7.89. The first-order valence-electron chi connectivity index (χ1n) is 6.19. The van der Waals surface area contributed by atoms with Crippen molar-refractivity contribution in [2.24, 2.45) is 7.05 Å². The van der Waals surface area contributed by atoms with Crippen LogP contribution in [0.25, 0.3) is 0 Å². The second kappa shape index (κ2) is 6.29. The van der Waals surface area contributed by atoms with E-state index in [-0.39, 0.29) is 23.5 Å². The van der Waals surface area contributed by atoms with Crippen molar-refractivity contribution in [3.8, 4) is 0 Å². The zero-order valence-corrected chi connectivity index (χ0v) is 12.5. The summed E-state index contributed by atoms with van der Waals surface area (Å²) in [5, 5.41) is 6.76. The number of aromatic nitrogens is 3. The molecule has 0 unspecified atom stereocenters. The van der Waals surface area contributed by atoms with Gasteiger partial charge in [-0.1, -0.05) is 0 Å². The van der Waals surface area contributed by atoms with Crippen LogP contribution in [-0.4, -0.2) is 30.2 Å². The molecular formula is C12H16FN5O2S. The number of hydrogen-bond donors (Lipinski definition) is 2. The van der Waals surface area contributed by atoms with Gasteiger partial charge in [0.2, 0.25) is 10.0 Å². The van der Waals surface area contributed by atoms with Gasteiger partial charge in [0.25, 0.3) is 0 Å². The maximum atomic E-state index is 13.5. The third-order valence-electron chi connectivity index (χ3n) is 2.76. The molecule has 2 rings (SSSR count). The van der Waals surface area contributed by atoms with E-state index >= 15 is 0 Å². The predicted octanol–water partition coefficient (Wildman–Crippen LogP) is 0.152. The quantitative estimate of drug-likeness (QED) is 0.792. The second-order valence-electron chi connectivity index (χ2n) is 4.44. The van der Waals surface area contributed by atoms with E-state index in [1.807, 2.05) is 0 Å². The maximum Gasteiger partial charge on any atom is 0.240 e. The number of aryl methyl sites for hydroxylation is 1. The number of sulfonamides is 1. The minimum atomic E-state index is -3.74. The minimum absolute atomic E-state index is 0.00470. The van der Waals surface area contributed by atoms with Crippen molar-refractivity contribution in [3.05, 3.63) is 41.7 Å². The fraction of sp³-hybridized carbons (Fsp3) is 0.333. The van der Waals surface area contributed by atoms with E-state index in [2.05, 4.69) is 20.1 Å². The molecule has 0 aliphatic carbocycles. The van der Waals surface area contributed by atoms with Crippen LogP contribution >= 0.6 is 0 Å². The van der Waals surface area contributed by atoms with Gasteiger partial charge in [0.1, 0.15) is 12.1 Å². The molecule has 0 radical (unpaired) electrons. The molecular weight excluding hydrogens is 297 g/mol. The van der Waals surface area contributed by atoms with E-state index in [4.69, 9.17) is 0 Å². The lowest BCUT2D eigenvalue weighted by Gasteiger charge is -2.08. The first kappa shape index (κ1) is 15.5. The minimum Gasteiger partial charge on any atom is -0.316 e. The van der Waals surface area contributed by atoms with Gasteiger partial charge in [0.05, 0.1) is 11.4 Å². The molecule has 21 heavy (non-hydrogen) atoms. The normalized spacial score (nSPS) is 11.8. The average molecular weight is 313 g/mol. The summed E-state index contributed by atoms with van der Waals surface area (Å²) >= 11 is 0. The third kappa shape index (κ3) is 3.84. The molecule has 0 bridgehead atoms. The lowest BCUT2D eigenvalue weighted by molar-refractivity contribution is 0.575. The van der Waals surface area contributed by atoms with Gasteiger partial charge in [-0.15, -0.1) is 0 Å². The summed E-state index contributed by atoms with van der Waals surface area (Å²) in [4.78, 5) is 3.93. The van der Waals surface area contributed by atoms with Gasteiger partial charge >= 0.3 is 0 Å². The van der Waals surface area contributed by atoms with E-state index in [9.17, 15) is 12.8 Å². The first-order chi connectivity index (χ1) is 9.92. The van der Waals surface area contributed by atoms with Gasteiger partial charge in [-0.25, -0.2) is 22.5 Å². The summed E-state index contributed by atoms with van der Waals surface area (Å²) in [6, 6.07) is 3.67. The molecule has 0 saturated heterocycles. The van der Waals surface area contributed by atoms with Crippen molar-refractivity contribution >= 4 is 10.0 Å². The molecule has 2 N–H and O–H groups in total. The highest BCUT2D eigenvalue weighted by atomic mass is 32.2. The molecule has 0 amide bonds. The Morgan fingerprint density at radius 2 is 2.10 bits per heavy atom. The van der Waals surface area contributed by atoms with E-state index in [1.165, 1.54) is 23.1 Å². The molecule has 9 heteroatoms. The molecule has 1 aromatic carbocycles. The van der Waals surface area contributed by atoms with Gasteiger partial charge in [-0.2, -0.15) is 5.10 Å². The Balaban J connectivity index is 2.17. The van der Waals surface area contributed by atoms with Gasteiger partial charge in [0.15, 0.2) is 5.82 Å². The number of hydrogen-bond acceptors (Lipinski definition) is 5. The van der Waals surface area contributed by atoms with Gasteiger partial charge < -0.3 is 5.32 Å². The van der Waals surface area contributed by atoms with Crippen LogP contribution in [0.4, 0.5) is 4.39 Å². The van der Waals surface area contributed by atoms with Crippen molar-refractivity contribution in [3.63, 3.8) is 0 Å².